The van der Waals surface area contributed by atoms with Gasteiger partial charge in [0.15, 0.2) is 0 Å². The third kappa shape index (κ3) is 2.88. The van der Waals surface area contributed by atoms with Crippen molar-refractivity contribution in [3.05, 3.63) is 50.9 Å². The van der Waals surface area contributed by atoms with Crippen LogP contribution in [-0.4, -0.2) is 31.1 Å². The molecule has 6 nitrogen and oxygen atoms in total. The van der Waals surface area contributed by atoms with E-state index in [9.17, 15) is 9.59 Å². The molecule has 24 heavy (non-hydrogen) atoms. The molecule has 3 aromatic rings. The van der Waals surface area contributed by atoms with E-state index in [2.05, 4.69) is 26.2 Å². The lowest BCUT2D eigenvalue weighted by Crippen LogP contribution is -2.29. The second-order valence-electron chi connectivity index (χ2n) is 5.30. The largest absolute Gasteiger partial charge is 0.496 e. The number of rotatable bonds is 4. The van der Waals surface area contributed by atoms with Crippen molar-refractivity contribution < 1.29 is 9.53 Å². The molecule has 0 aliphatic carbocycles. The van der Waals surface area contributed by atoms with E-state index in [1.807, 2.05) is 12.1 Å². The molecular formula is C17H16BrN3O3. The fourth-order valence-corrected chi connectivity index (χ4v) is 3.20. The van der Waals surface area contributed by atoms with Gasteiger partial charge in [0.1, 0.15) is 5.75 Å². The predicted molar refractivity (Wildman–Crippen MR) is 97.7 cm³/mol. The number of amides is 1. The number of benzene rings is 2. The van der Waals surface area contributed by atoms with E-state index in [-0.39, 0.29) is 11.5 Å². The maximum atomic E-state index is 12.5. The molecule has 7 heteroatoms. The van der Waals surface area contributed by atoms with Gasteiger partial charge >= 0.3 is 0 Å². The first-order valence-electron chi connectivity index (χ1n) is 7.36. The summed E-state index contributed by atoms with van der Waals surface area (Å²) in [5.74, 6) is 0.416. The number of nitrogens with one attached hydrogen (secondary N) is 2. The van der Waals surface area contributed by atoms with E-state index in [0.717, 1.165) is 20.6 Å². The van der Waals surface area contributed by atoms with E-state index < -0.39 is 0 Å². The molecule has 0 fully saturated rings. The summed E-state index contributed by atoms with van der Waals surface area (Å²) in [5, 5.41) is 5.88. The number of hydrogen-bond acceptors (Lipinski definition) is 4. The van der Waals surface area contributed by atoms with Gasteiger partial charge in [0.2, 0.25) is 5.56 Å². The predicted octanol–water partition coefficient (Wildman–Crippen LogP) is 2.14. The van der Waals surface area contributed by atoms with Crippen LogP contribution in [-0.2, 0) is 0 Å². The van der Waals surface area contributed by atoms with Crippen molar-refractivity contribution in [2.75, 3.05) is 20.2 Å². The molecule has 0 saturated heterocycles. The monoisotopic (exact) mass is 389 g/mol. The third-order valence-corrected chi connectivity index (χ3v) is 4.42. The molecule has 1 aromatic heterocycles. The number of fused-ring (bicyclic) bond motifs is 3. The highest BCUT2D eigenvalue weighted by molar-refractivity contribution is 9.10. The summed E-state index contributed by atoms with van der Waals surface area (Å²) < 4.78 is 6.10. The smallest absolute Gasteiger partial charge is 0.251 e. The van der Waals surface area contributed by atoms with E-state index in [4.69, 9.17) is 10.5 Å². The molecule has 0 atom stereocenters. The molecule has 0 spiro atoms. The van der Waals surface area contributed by atoms with Crippen LogP contribution < -0.4 is 21.3 Å². The zero-order valence-electron chi connectivity index (χ0n) is 13.0. The summed E-state index contributed by atoms with van der Waals surface area (Å²) in [6.07, 6.45) is 1.65. The van der Waals surface area contributed by atoms with Gasteiger partial charge in [0, 0.05) is 36.3 Å². The van der Waals surface area contributed by atoms with Gasteiger partial charge in [-0.05, 0) is 50.3 Å². The number of methoxy groups -OCH3 is 1. The van der Waals surface area contributed by atoms with E-state index in [1.54, 1.807) is 19.4 Å². The quantitative estimate of drug-likeness (QED) is 0.595. The Morgan fingerprint density at radius 2 is 2.04 bits per heavy atom. The van der Waals surface area contributed by atoms with Crippen LogP contribution >= 0.6 is 15.9 Å². The Labute approximate surface area is 146 Å². The molecule has 124 valence electrons. The highest BCUT2D eigenvalue weighted by Crippen LogP contribution is 2.35. The zero-order valence-corrected chi connectivity index (χ0v) is 14.6. The maximum absolute atomic E-state index is 12.5. The number of halogens is 1. The number of H-pyrrole nitrogens is 1. The summed E-state index contributed by atoms with van der Waals surface area (Å²) in [6.45, 7) is 0.736. The normalized spacial score (nSPS) is 11.0. The van der Waals surface area contributed by atoms with Crippen LogP contribution in [0.3, 0.4) is 0 Å². The Balaban J connectivity index is 2.37. The van der Waals surface area contributed by atoms with E-state index in [1.165, 1.54) is 6.07 Å². The van der Waals surface area contributed by atoms with Gasteiger partial charge in [-0.15, -0.1) is 0 Å². The topological polar surface area (TPSA) is 97.2 Å². The highest BCUT2D eigenvalue weighted by atomic mass is 79.9. The third-order valence-electron chi connectivity index (χ3n) is 3.80. The van der Waals surface area contributed by atoms with Crippen LogP contribution in [0.4, 0.5) is 0 Å². The van der Waals surface area contributed by atoms with Crippen molar-refractivity contribution in [3.63, 3.8) is 0 Å². The van der Waals surface area contributed by atoms with Gasteiger partial charge in [-0.25, -0.2) is 0 Å². The first-order chi connectivity index (χ1) is 11.5. The average molecular weight is 390 g/mol. The molecule has 0 unspecified atom stereocenters. The molecule has 0 aliphatic rings. The summed E-state index contributed by atoms with van der Waals surface area (Å²) in [7, 11) is 1.58. The molecule has 0 bridgehead atoms. The van der Waals surface area contributed by atoms with Gasteiger partial charge in [-0.2, -0.15) is 0 Å². The number of aromatic nitrogens is 1. The molecule has 4 N–H and O–H groups in total. The Morgan fingerprint density at radius 3 is 2.75 bits per heavy atom. The summed E-state index contributed by atoms with van der Waals surface area (Å²) in [5.41, 5.74) is 5.72. The van der Waals surface area contributed by atoms with E-state index >= 15 is 0 Å². The van der Waals surface area contributed by atoms with Gasteiger partial charge in [-0.3, -0.25) is 9.59 Å². The van der Waals surface area contributed by atoms with Crippen LogP contribution in [0.15, 0.2) is 39.7 Å². The Morgan fingerprint density at radius 1 is 1.25 bits per heavy atom. The van der Waals surface area contributed by atoms with Crippen LogP contribution in [0.1, 0.15) is 10.4 Å². The molecule has 1 heterocycles. The molecule has 0 saturated carbocycles. The second-order valence-corrected chi connectivity index (χ2v) is 6.16. The molecule has 0 radical (unpaired) electrons. The molecule has 1 amide bonds. The summed E-state index contributed by atoms with van der Waals surface area (Å²) in [4.78, 5) is 26.8. The minimum Gasteiger partial charge on any atom is -0.496 e. The first-order valence-corrected chi connectivity index (χ1v) is 8.15. The zero-order chi connectivity index (χ0) is 17.3. The number of nitrogens with two attached hydrogens (primary N) is 1. The number of ether oxygens (including phenoxy) is 1. The maximum Gasteiger partial charge on any atom is 0.251 e. The van der Waals surface area contributed by atoms with Gasteiger partial charge in [0.25, 0.3) is 5.91 Å². The fraction of sp³-hybridized carbons (Fsp3) is 0.176. The Hall–Kier alpha value is -2.38. The molecule has 3 rings (SSSR count). The van der Waals surface area contributed by atoms with Crippen LogP contribution in [0, 0.1) is 0 Å². The van der Waals surface area contributed by atoms with Crippen LogP contribution in [0.5, 0.6) is 5.75 Å². The lowest BCUT2D eigenvalue weighted by atomic mass is 9.97. The van der Waals surface area contributed by atoms with Crippen molar-refractivity contribution in [3.8, 4) is 5.75 Å². The van der Waals surface area contributed by atoms with Crippen molar-refractivity contribution >= 4 is 43.4 Å². The summed E-state index contributed by atoms with van der Waals surface area (Å²) >= 11 is 3.45. The van der Waals surface area contributed by atoms with Gasteiger partial charge < -0.3 is 20.8 Å². The Kier molecular flexibility index (Phi) is 4.55. The van der Waals surface area contributed by atoms with Crippen molar-refractivity contribution in [1.29, 1.82) is 0 Å². The molecular weight excluding hydrogens is 374 g/mol. The number of aromatic amines is 1. The van der Waals surface area contributed by atoms with Crippen molar-refractivity contribution in [2.24, 2.45) is 5.73 Å². The first kappa shape index (κ1) is 16.5. The second kappa shape index (κ2) is 6.62. The molecule has 0 aliphatic heterocycles. The number of carbonyl (C=O) groups excluding carboxylic acids is 1. The lowest BCUT2D eigenvalue weighted by Gasteiger charge is -2.13. The Bertz CT molecular complexity index is 998. The fourth-order valence-electron chi connectivity index (χ4n) is 2.70. The van der Waals surface area contributed by atoms with E-state index in [0.29, 0.717) is 29.8 Å². The van der Waals surface area contributed by atoms with Crippen LogP contribution in [0.25, 0.3) is 21.5 Å². The highest BCUT2D eigenvalue weighted by Gasteiger charge is 2.15. The number of carbonyl (C=O) groups is 1. The SMILES string of the molecule is COc1cc2c(cc1Br)c(C(=O)NCCN)cc1cc(=O)[nH]cc12. The average Bonchev–Trinajstić information content (AvgIpc) is 2.58. The van der Waals surface area contributed by atoms with Crippen molar-refractivity contribution in [1.82, 2.24) is 10.3 Å². The standard InChI is InChI=1S/C17H16BrN3O3/c1-24-15-7-11-10(6-14(15)18)12(17(23)20-3-2-19)4-9-5-16(22)21-8-13(9)11/h4-8H,2-3,19H2,1H3,(H,20,23)(H,21,22). The van der Waals surface area contributed by atoms with Crippen molar-refractivity contribution in [2.45, 2.75) is 0 Å². The van der Waals surface area contributed by atoms with Gasteiger partial charge in [-0.1, -0.05) is 0 Å². The lowest BCUT2D eigenvalue weighted by molar-refractivity contribution is 0.0956. The van der Waals surface area contributed by atoms with Gasteiger partial charge in [0.05, 0.1) is 11.6 Å². The minimum atomic E-state index is -0.232. The summed E-state index contributed by atoms with van der Waals surface area (Å²) in [6, 6.07) is 6.89. The van der Waals surface area contributed by atoms with Crippen LogP contribution in [0.2, 0.25) is 0 Å². The molecule has 2 aromatic carbocycles. The minimum absolute atomic E-state index is 0.223. The number of hydrogen-bond donors (Lipinski definition) is 3. The number of pyridine rings is 1.